The first-order chi connectivity index (χ1) is 5.25. The standard InChI is InChI=1S/C7H8N2O2/c8-5-2-1-3-6(9)7(5)11-4-10/h1-4H,8-9H2. The van der Waals surface area contributed by atoms with Crippen LogP contribution < -0.4 is 16.2 Å². The van der Waals surface area contributed by atoms with E-state index in [1.54, 1.807) is 18.2 Å². The molecule has 0 unspecified atom stereocenters. The van der Waals surface area contributed by atoms with Crippen molar-refractivity contribution in [3.63, 3.8) is 0 Å². The van der Waals surface area contributed by atoms with Crippen molar-refractivity contribution in [1.29, 1.82) is 0 Å². The van der Waals surface area contributed by atoms with Gasteiger partial charge in [-0.2, -0.15) is 0 Å². The maximum Gasteiger partial charge on any atom is 0.298 e. The molecule has 0 aromatic heterocycles. The van der Waals surface area contributed by atoms with Gasteiger partial charge < -0.3 is 16.2 Å². The van der Waals surface area contributed by atoms with Gasteiger partial charge in [0.15, 0.2) is 5.75 Å². The molecule has 1 aromatic carbocycles. The summed E-state index contributed by atoms with van der Waals surface area (Å²) >= 11 is 0. The summed E-state index contributed by atoms with van der Waals surface area (Å²) in [7, 11) is 0. The molecule has 0 radical (unpaired) electrons. The summed E-state index contributed by atoms with van der Waals surface area (Å²) in [5.74, 6) is 0.225. The highest BCUT2D eigenvalue weighted by Gasteiger charge is 2.02. The van der Waals surface area contributed by atoms with Crippen molar-refractivity contribution >= 4 is 17.8 Å². The van der Waals surface area contributed by atoms with Gasteiger partial charge in [-0.25, -0.2) is 0 Å². The first-order valence-corrected chi connectivity index (χ1v) is 3.00. The Bertz CT molecular complexity index is 253. The second-order valence-electron chi connectivity index (χ2n) is 1.98. The Morgan fingerprint density at radius 2 is 1.82 bits per heavy atom. The molecule has 0 heterocycles. The molecule has 0 spiro atoms. The van der Waals surface area contributed by atoms with E-state index in [1.807, 2.05) is 0 Å². The summed E-state index contributed by atoms with van der Waals surface area (Å²) in [6, 6.07) is 4.90. The second-order valence-corrected chi connectivity index (χ2v) is 1.98. The Hall–Kier alpha value is -1.71. The smallest absolute Gasteiger partial charge is 0.298 e. The van der Waals surface area contributed by atoms with Crippen molar-refractivity contribution in [2.24, 2.45) is 0 Å². The van der Waals surface area contributed by atoms with E-state index in [2.05, 4.69) is 4.74 Å². The largest absolute Gasteiger partial charge is 0.424 e. The molecule has 0 aliphatic heterocycles. The molecule has 0 fully saturated rings. The van der Waals surface area contributed by atoms with E-state index in [0.29, 0.717) is 17.8 Å². The predicted molar refractivity (Wildman–Crippen MR) is 42.0 cm³/mol. The Morgan fingerprint density at radius 1 is 1.27 bits per heavy atom. The van der Waals surface area contributed by atoms with Gasteiger partial charge >= 0.3 is 0 Å². The van der Waals surface area contributed by atoms with Gasteiger partial charge in [0.2, 0.25) is 0 Å². The number of ether oxygens (including phenoxy) is 1. The average Bonchev–Trinajstić information content (AvgIpc) is 1.97. The predicted octanol–water partition coefficient (Wildman–Crippen LogP) is 0.386. The topological polar surface area (TPSA) is 78.3 Å². The zero-order chi connectivity index (χ0) is 8.27. The number of benzene rings is 1. The minimum Gasteiger partial charge on any atom is -0.424 e. The van der Waals surface area contributed by atoms with Gasteiger partial charge in [-0.05, 0) is 12.1 Å². The zero-order valence-electron chi connectivity index (χ0n) is 5.78. The highest BCUT2D eigenvalue weighted by Crippen LogP contribution is 2.27. The number of anilines is 2. The Kier molecular flexibility index (Phi) is 1.96. The summed E-state index contributed by atoms with van der Waals surface area (Å²) in [4.78, 5) is 9.95. The average molecular weight is 152 g/mol. The second kappa shape index (κ2) is 2.92. The quantitative estimate of drug-likeness (QED) is 0.474. The number of para-hydroxylation sites is 1. The Morgan fingerprint density at radius 3 is 2.27 bits per heavy atom. The van der Waals surface area contributed by atoms with Crippen molar-refractivity contribution in [2.45, 2.75) is 0 Å². The number of hydrogen-bond acceptors (Lipinski definition) is 4. The molecule has 4 nitrogen and oxygen atoms in total. The van der Waals surface area contributed by atoms with Crippen LogP contribution in [0.3, 0.4) is 0 Å². The molecule has 0 aliphatic rings. The summed E-state index contributed by atoms with van der Waals surface area (Å²) in [6.07, 6.45) is 0. The van der Waals surface area contributed by atoms with Crippen LogP contribution in [0.5, 0.6) is 5.75 Å². The van der Waals surface area contributed by atoms with Crippen molar-refractivity contribution in [1.82, 2.24) is 0 Å². The number of nitrogen functional groups attached to an aromatic ring is 2. The fraction of sp³-hybridized carbons (Fsp3) is 0. The fourth-order valence-corrected chi connectivity index (χ4v) is 0.758. The lowest BCUT2D eigenvalue weighted by Gasteiger charge is -2.04. The Labute approximate surface area is 63.8 Å². The first-order valence-electron chi connectivity index (χ1n) is 3.00. The highest BCUT2D eigenvalue weighted by molar-refractivity contribution is 5.70. The minimum atomic E-state index is 0.225. The molecule has 4 heteroatoms. The van der Waals surface area contributed by atoms with Gasteiger partial charge in [-0.1, -0.05) is 6.07 Å². The molecule has 11 heavy (non-hydrogen) atoms. The summed E-state index contributed by atoms with van der Waals surface area (Å²) in [5, 5.41) is 0. The number of hydrogen-bond donors (Lipinski definition) is 2. The van der Waals surface area contributed by atoms with Crippen LogP contribution in [-0.4, -0.2) is 6.47 Å². The lowest BCUT2D eigenvalue weighted by Crippen LogP contribution is -1.98. The third kappa shape index (κ3) is 1.40. The monoisotopic (exact) mass is 152 g/mol. The molecule has 0 amide bonds. The Balaban J connectivity index is 3.09. The molecular formula is C7H8N2O2. The van der Waals surface area contributed by atoms with Gasteiger partial charge in [0.1, 0.15) is 0 Å². The molecule has 0 aliphatic carbocycles. The molecule has 1 aromatic rings. The van der Waals surface area contributed by atoms with Crippen LogP contribution in [0.2, 0.25) is 0 Å². The maximum atomic E-state index is 9.95. The van der Waals surface area contributed by atoms with Crippen molar-refractivity contribution < 1.29 is 9.53 Å². The summed E-state index contributed by atoms with van der Waals surface area (Å²) in [5.41, 5.74) is 11.6. The number of carbonyl (C=O) groups excluding carboxylic acids is 1. The third-order valence-electron chi connectivity index (χ3n) is 1.24. The molecule has 58 valence electrons. The SMILES string of the molecule is Nc1cccc(N)c1OC=O. The van der Waals surface area contributed by atoms with E-state index in [0.717, 1.165) is 0 Å². The fourth-order valence-electron chi connectivity index (χ4n) is 0.758. The van der Waals surface area contributed by atoms with Crippen molar-refractivity contribution in [3.8, 4) is 5.75 Å². The van der Waals surface area contributed by atoms with Crippen LogP contribution in [0.25, 0.3) is 0 Å². The molecular weight excluding hydrogens is 144 g/mol. The van der Waals surface area contributed by atoms with E-state index >= 15 is 0 Å². The van der Waals surface area contributed by atoms with Gasteiger partial charge in [0.05, 0.1) is 11.4 Å². The van der Waals surface area contributed by atoms with E-state index in [-0.39, 0.29) is 5.75 Å². The summed E-state index contributed by atoms with van der Waals surface area (Å²) < 4.78 is 4.54. The zero-order valence-corrected chi connectivity index (χ0v) is 5.78. The molecule has 0 saturated heterocycles. The lowest BCUT2D eigenvalue weighted by molar-refractivity contribution is -0.120. The molecule has 0 bridgehead atoms. The van der Waals surface area contributed by atoms with Gasteiger partial charge in [-0.15, -0.1) is 0 Å². The molecule has 0 atom stereocenters. The van der Waals surface area contributed by atoms with Crippen molar-refractivity contribution in [3.05, 3.63) is 18.2 Å². The highest BCUT2D eigenvalue weighted by atomic mass is 16.5. The van der Waals surface area contributed by atoms with E-state index < -0.39 is 0 Å². The van der Waals surface area contributed by atoms with Gasteiger partial charge in [0.25, 0.3) is 6.47 Å². The normalized spacial score (nSPS) is 9.09. The molecule has 0 saturated carbocycles. The maximum absolute atomic E-state index is 9.95. The van der Waals surface area contributed by atoms with Crippen LogP contribution in [0, 0.1) is 0 Å². The third-order valence-corrected chi connectivity index (χ3v) is 1.24. The minimum absolute atomic E-state index is 0.225. The van der Waals surface area contributed by atoms with Crippen molar-refractivity contribution in [2.75, 3.05) is 11.5 Å². The van der Waals surface area contributed by atoms with E-state index in [1.165, 1.54) is 0 Å². The lowest BCUT2D eigenvalue weighted by atomic mass is 10.2. The van der Waals surface area contributed by atoms with Crippen LogP contribution in [0.15, 0.2) is 18.2 Å². The molecule has 1 rings (SSSR count). The van der Waals surface area contributed by atoms with Gasteiger partial charge in [-0.3, -0.25) is 4.79 Å². The van der Waals surface area contributed by atoms with Crippen LogP contribution in [-0.2, 0) is 4.79 Å². The molecule has 4 N–H and O–H groups in total. The number of carbonyl (C=O) groups is 1. The van der Waals surface area contributed by atoms with Crippen LogP contribution in [0.1, 0.15) is 0 Å². The van der Waals surface area contributed by atoms with Crippen LogP contribution in [0.4, 0.5) is 11.4 Å². The van der Waals surface area contributed by atoms with Gasteiger partial charge in [0, 0.05) is 0 Å². The number of nitrogens with two attached hydrogens (primary N) is 2. The van der Waals surface area contributed by atoms with Crippen LogP contribution >= 0.6 is 0 Å². The first kappa shape index (κ1) is 7.40. The van der Waals surface area contributed by atoms with E-state index in [9.17, 15) is 4.79 Å². The number of rotatable bonds is 2. The summed E-state index contributed by atoms with van der Waals surface area (Å²) in [6.45, 7) is 0.294. The van der Waals surface area contributed by atoms with E-state index in [4.69, 9.17) is 11.5 Å².